The highest BCUT2D eigenvalue weighted by molar-refractivity contribution is 6.33. The van der Waals surface area contributed by atoms with Crippen LogP contribution in [0.3, 0.4) is 0 Å². The van der Waals surface area contributed by atoms with E-state index >= 15 is 0 Å². The van der Waals surface area contributed by atoms with E-state index in [4.69, 9.17) is 11.6 Å². The van der Waals surface area contributed by atoms with E-state index in [0.717, 1.165) is 25.3 Å². The summed E-state index contributed by atoms with van der Waals surface area (Å²) in [6.45, 7) is 2.36. The summed E-state index contributed by atoms with van der Waals surface area (Å²) in [5, 5.41) is 13.3. The van der Waals surface area contributed by atoms with Gasteiger partial charge in [-0.1, -0.05) is 24.9 Å². The summed E-state index contributed by atoms with van der Waals surface area (Å²) in [7, 11) is 0. The fourth-order valence-electron chi connectivity index (χ4n) is 2.81. The molecular formula is C16H21ClFNO2. The minimum Gasteiger partial charge on any atom is -0.388 e. The van der Waals surface area contributed by atoms with Gasteiger partial charge in [0.25, 0.3) is 5.91 Å². The van der Waals surface area contributed by atoms with Crippen LogP contribution in [0, 0.1) is 11.7 Å². The minimum atomic E-state index is -0.839. The second-order valence-electron chi connectivity index (χ2n) is 5.88. The summed E-state index contributed by atoms with van der Waals surface area (Å²) in [6.07, 6.45) is 4.50. The third kappa shape index (κ3) is 4.17. The molecule has 2 N–H and O–H groups in total. The average molecular weight is 314 g/mol. The summed E-state index contributed by atoms with van der Waals surface area (Å²) in [5.41, 5.74) is -0.614. The van der Waals surface area contributed by atoms with E-state index in [-0.39, 0.29) is 23.0 Å². The lowest BCUT2D eigenvalue weighted by molar-refractivity contribution is -0.00786. The molecule has 3 nitrogen and oxygen atoms in total. The van der Waals surface area contributed by atoms with Crippen LogP contribution in [-0.4, -0.2) is 23.2 Å². The fraction of sp³-hybridized carbons (Fsp3) is 0.562. The molecule has 1 aromatic rings. The van der Waals surface area contributed by atoms with Crippen molar-refractivity contribution in [2.75, 3.05) is 6.54 Å². The number of carbonyl (C=O) groups is 1. The topological polar surface area (TPSA) is 49.3 Å². The summed E-state index contributed by atoms with van der Waals surface area (Å²) in [6, 6.07) is 3.66. The van der Waals surface area contributed by atoms with Gasteiger partial charge in [0.15, 0.2) is 0 Å². The molecule has 0 spiro atoms. The van der Waals surface area contributed by atoms with Gasteiger partial charge in [0.1, 0.15) is 5.82 Å². The van der Waals surface area contributed by atoms with Crippen molar-refractivity contribution in [1.82, 2.24) is 5.32 Å². The van der Waals surface area contributed by atoms with Crippen LogP contribution < -0.4 is 5.32 Å². The molecule has 0 saturated heterocycles. The number of amides is 1. The van der Waals surface area contributed by atoms with Gasteiger partial charge >= 0.3 is 0 Å². The van der Waals surface area contributed by atoms with Gasteiger partial charge in [-0.15, -0.1) is 0 Å². The van der Waals surface area contributed by atoms with Gasteiger partial charge in [-0.25, -0.2) is 4.39 Å². The Morgan fingerprint density at radius 2 is 2.14 bits per heavy atom. The van der Waals surface area contributed by atoms with Gasteiger partial charge in [-0.3, -0.25) is 4.79 Å². The number of nitrogens with one attached hydrogen (secondary N) is 1. The lowest BCUT2D eigenvalue weighted by Crippen LogP contribution is -2.45. The maximum atomic E-state index is 13.0. The number of rotatable bonds is 4. The molecular weight excluding hydrogens is 293 g/mol. The number of aliphatic hydroxyl groups is 1. The van der Waals surface area contributed by atoms with Crippen molar-refractivity contribution in [3.05, 3.63) is 34.6 Å². The quantitative estimate of drug-likeness (QED) is 0.893. The predicted molar refractivity (Wildman–Crippen MR) is 80.9 cm³/mol. The van der Waals surface area contributed by atoms with Gasteiger partial charge < -0.3 is 10.4 Å². The first-order chi connectivity index (χ1) is 9.93. The van der Waals surface area contributed by atoms with Gasteiger partial charge in [0, 0.05) is 6.54 Å². The lowest BCUT2D eigenvalue weighted by atomic mass is 9.78. The Hall–Kier alpha value is -1.13. The smallest absolute Gasteiger partial charge is 0.252 e. The van der Waals surface area contributed by atoms with Gasteiger partial charge in [0.05, 0.1) is 16.2 Å². The molecule has 0 aliphatic heterocycles. The third-order valence-corrected chi connectivity index (χ3v) is 4.68. The van der Waals surface area contributed by atoms with E-state index < -0.39 is 11.4 Å². The summed E-state index contributed by atoms with van der Waals surface area (Å²) >= 11 is 5.86. The maximum Gasteiger partial charge on any atom is 0.252 e. The molecule has 1 fully saturated rings. The molecule has 21 heavy (non-hydrogen) atoms. The molecule has 1 saturated carbocycles. The van der Waals surface area contributed by atoms with E-state index in [1.807, 2.05) is 0 Å². The van der Waals surface area contributed by atoms with Crippen LogP contribution >= 0.6 is 11.6 Å². The third-order valence-electron chi connectivity index (χ3n) is 4.37. The number of hydrogen-bond acceptors (Lipinski definition) is 2. The Balaban J connectivity index is 1.92. The second-order valence-corrected chi connectivity index (χ2v) is 6.29. The molecule has 0 bridgehead atoms. The normalized spacial score (nSPS) is 25.6. The maximum absolute atomic E-state index is 13.0. The van der Waals surface area contributed by atoms with Gasteiger partial charge in [-0.2, -0.15) is 0 Å². The van der Waals surface area contributed by atoms with Crippen molar-refractivity contribution >= 4 is 17.5 Å². The zero-order valence-electron chi connectivity index (χ0n) is 12.2. The number of benzene rings is 1. The first kappa shape index (κ1) is 16.2. The first-order valence-electron chi connectivity index (χ1n) is 7.39. The van der Waals surface area contributed by atoms with E-state index in [0.29, 0.717) is 18.8 Å². The minimum absolute atomic E-state index is 0.0779. The molecule has 1 aliphatic rings. The van der Waals surface area contributed by atoms with Crippen LogP contribution in [0.5, 0.6) is 0 Å². The molecule has 1 aliphatic carbocycles. The van der Waals surface area contributed by atoms with E-state index in [9.17, 15) is 14.3 Å². The SMILES string of the molecule is CCC1CCC(O)(CNC(=O)c2ccc(F)cc2Cl)CC1. The molecule has 0 heterocycles. The highest BCUT2D eigenvalue weighted by atomic mass is 35.5. The highest BCUT2D eigenvalue weighted by Crippen LogP contribution is 2.33. The van der Waals surface area contributed by atoms with Crippen molar-refractivity contribution in [3.63, 3.8) is 0 Å². The molecule has 1 amide bonds. The monoisotopic (exact) mass is 313 g/mol. The number of halogens is 2. The predicted octanol–water partition coefficient (Wildman–Crippen LogP) is 3.54. The Kier molecular flexibility index (Phi) is 5.22. The molecule has 0 aromatic heterocycles. The van der Waals surface area contributed by atoms with E-state index in [1.54, 1.807) is 0 Å². The van der Waals surface area contributed by atoms with Crippen LogP contribution in [0.25, 0.3) is 0 Å². The molecule has 0 unspecified atom stereocenters. The Morgan fingerprint density at radius 1 is 1.48 bits per heavy atom. The first-order valence-corrected chi connectivity index (χ1v) is 7.77. The van der Waals surface area contributed by atoms with Gasteiger partial charge in [0.2, 0.25) is 0 Å². The summed E-state index contributed by atoms with van der Waals surface area (Å²) in [4.78, 5) is 12.1. The zero-order chi connectivity index (χ0) is 15.5. The number of hydrogen-bond donors (Lipinski definition) is 2. The van der Waals surface area contributed by atoms with E-state index in [1.165, 1.54) is 12.1 Å². The van der Waals surface area contributed by atoms with Crippen LogP contribution in [0.1, 0.15) is 49.4 Å². The van der Waals surface area contributed by atoms with Crippen molar-refractivity contribution < 1.29 is 14.3 Å². The van der Waals surface area contributed by atoms with Crippen LogP contribution in [-0.2, 0) is 0 Å². The summed E-state index contributed by atoms with van der Waals surface area (Å²) in [5.74, 6) is -0.188. The Morgan fingerprint density at radius 3 is 2.71 bits per heavy atom. The van der Waals surface area contributed by atoms with Crippen LogP contribution in [0.2, 0.25) is 5.02 Å². The Bertz CT molecular complexity index is 513. The standard InChI is InChI=1S/C16H21ClFNO2/c1-2-11-5-7-16(21,8-6-11)10-19-15(20)13-4-3-12(18)9-14(13)17/h3-4,9,11,21H,2,5-8,10H2,1H3,(H,19,20). The van der Waals surface area contributed by atoms with Crippen LogP contribution in [0.15, 0.2) is 18.2 Å². The Labute approximate surface area is 129 Å². The van der Waals surface area contributed by atoms with Crippen molar-refractivity contribution in [2.45, 2.75) is 44.6 Å². The molecule has 116 valence electrons. The average Bonchev–Trinajstić information content (AvgIpc) is 2.46. The fourth-order valence-corrected chi connectivity index (χ4v) is 3.07. The molecule has 1 aromatic carbocycles. The van der Waals surface area contributed by atoms with Crippen molar-refractivity contribution in [2.24, 2.45) is 5.92 Å². The lowest BCUT2D eigenvalue weighted by Gasteiger charge is -2.35. The molecule has 2 rings (SSSR count). The second kappa shape index (κ2) is 6.75. The van der Waals surface area contributed by atoms with E-state index in [2.05, 4.69) is 12.2 Å². The molecule has 5 heteroatoms. The van der Waals surface area contributed by atoms with Crippen molar-refractivity contribution in [1.29, 1.82) is 0 Å². The zero-order valence-corrected chi connectivity index (χ0v) is 12.9. The van der Waals surface area contributed by atoms with Crippen LogP contribution in [0.4, 0.5) is 4.39 Å². The summed E-state index contributed by atoms with van der Waals surface area (Å²) < 4.78 is 13.0. The molecule has 0 radical (unpaired) electrons. The largest absolute Gasteiger partial charge is 0.388 e. The van der Waals surface area contributed by atoms with Gasteiger partial charge in [-0.05, 0) is 49.8 Å². The molecule has 0 atom stereocenters. The highest BCUT2D eigenvalue weighted by Gasteiger charge is 2.33. The number of carbonyl (C=O) groups excluding carboxylic acids is 1. The van der Waals surface area contributed by atoms with Crippen molar-refractivity contribution in [3.8, 4) is 0 Å².